The highest BCUT2D eigenvalue weighted by Gasteiger charge is 2.67. The van der Waals surface area contributed by atoms with Crippen LogP contribution in [0.3, 0.4) is 0 Å². The van der Waals surface area contributed by atoms with Crippen LogP contribution in [0.5, 0.6) is 0 Å². The molecule has 0 radical (unpaired) electrons. The van der Waals surface area contributed by atoms with Crippen LogP contribution in [0.15, 0.2) is 60.7 Å². The molecular weight excluding hydrogens is 444 g/mol. The number of benzene rings is 2. The maximum Gasteiger partial charge on any atom is 0.338 e. The summed E-state index contributed by atoms with van der Waals surface area (Å²) in [6.07, 6.45) is 6.19. The maximum absolute atomic E-state index is 13.3. The Kier molecular flexibility index (Phi) is 5.09. The molecule has 7 nitrogen and oxygen atoms in total. The number of carbonyl (C=O) groups excluding carboxylic acids is 4. The van der Waals surface area contributed by atoms with E-state index in [2.05, 4.69) is 17.5 Å². The van der Waals surface area contributed by atoms with Crippen molar-refractivity contribution in [3.8, 4) is 0 Å². The monoisotopic (exact) mass is 470 g/mol. The molecule has 7 heteroatoms. The van der Waals surface area contributed by atoms with Gasteiger partial charge in [-0.05, 0) is 85.0 Å². The normalized spacial score (nSPS) is 29.6. The molecule has 1 N–H and O–H groups in total. The molecule has 0 aromatic heterocycles. The first-order valence-electron chi connectivity index (χ1n) is 12.2. The number of carbonyl (C=O) groups is 4. The number of ether oxygens (including phenoxy) is 1. The minimum atomic E-state index is -0.396. The van der Waals surface area contributed by atoms with E-state index in [-0.39, 0.29) is 41.4 Å². The number of nitrogens with one attached hydrogen (secondary N) is 1. The Morgan fingerprint density at radius 1 is 0.886 bits per heavy atom. The third-order valence-electron chi connectivity index (χ3n) is 7.87. The summed E-state index contributed by atoms with van der Waals surface area (Å²) in [5.41, 5.74) is 1.87. The fourth-order valence-electron chi connectivity index (χ4n) is 6.14. The van der Waals surface area contributed by atoms with Gasteiger partial charge in [-0.2, -0.15) is 0 Å². The quantitative estimate of drug-likeness (QED) is 0.390. The van der Waals surface area contributed by atoms with Gasteiger partial charge in [-0.25, -0.2) is 4.79 Å². The fraction of sp³-hybridized carbons (Fsp3) is 0.357. The Balaban J connectivity index is 1.13. The summed E-state index contributed by atoms with van der Waals surface area (Å²) in [6.45, 7) is 2.29. The molecule has 2 bridgehead atoms. The van der Waals surface area contributed by atoms with Gasteiger partial charge >= 0.3 is 5.97 Å². The lowest BCUT2D eigenvalue weighted by atomic mass is 9.63. The van der Waals surface area contributed by atoms with Crippen molar-refractivity contribution in [2.75, 3.05) is 16.8 Å². The second-order valence-corrected chi connectivity index (χ2v) is 9.88. The molecule has 0 unspecified atom stereocenters. The van der Waals surface area contributed by atoms with Crippen molar-refractivity contribution in [1.29, 1.82) is 0 Å². The summed E-state index contributed by atoms with van der Waals surface area (Å²) in [4.78, 5) is 52.5. The number of esters is 1. The molecule has 1 saturated heterocycles. The van der Waals surface area contributed by atoms with E-state index in [1.165, 1.54) is 4.90 Å². The Bertz CT molecular complexity index is 1210. The zero-order chi connectivity index (χ0) is 24.3. The molecule has 4 aliphatic carbocycles. The summed E-state index contributed by atoms with van der Waals surface area (Å²) in [5.74, 6) is 0.0506. The van der Waals surface area contributed by atoms with Crippen LogP contribution in [0.1, 0.15) is 40.5 Å². The van der Waals surface area contributed by atoms with Gasteiger partial charge < -0.3 is 10.1 Å². The van der Waals surface area contributed by atoms with Gasteiger partial charge in [-0.15, -0.1) is 0 Å². The van der Waals surface area contributed by atoms with E-state index in [4.69, 9.17) is 4.74 Å². The maximum atomic E-state index is 13.3. The van der Waals surface area contributed by atoms with Gasteiger partial charge in [-0.3, -0.25) is 19.3 Å². The SMILES string of the molecule is CCCOC(=O)c1ccc(NC(=O)c2ccc(N3C(=O)[C@@H]4[C@H]5C=C[C@@H]([C@@H]6C[C@@H]56)[C@H]4C3=O)cc2)cc1. The van der Waals surface area contributed by atoms with Crippen molar-refractivity contribution in [2.24, 2.45) is 35.5 Å². The van der Waals surface area contributed by atoms with Gasteiger partial charge in [-0.1, -0.05) is 19.1 Å². The first-order valence-corrected chi connectivity index (χ1v) is 12.2. The van der Waals surface area contributed by atoms with Gasteiger partial charge in [0.05, 0.1) is 29.7 Å². The van der Waals surface area contributed by atoms with Crippen molar-refractivity contribution >= 4 is 35.1 Å². The molecule has 3 amide bonds. The van der Waals surface area contributed by atoms with Crippen LogP contribution in [0.4, 0.5) is 11.4 Å². The van der Waals surface area contributed by atoms with Gasteiger partial charge in [0.15, 0.2) is 0 Å². The van der Waals surface area contributed by atoms with Crippen molar-refractivity contribution in [2.45, 2.75) is 19.8 Å². The Hall–Kier alpha value is -3.74. The van der Waals surface area contributed by atoms with E-state index in [1.807, 2.05) is 6.92 Å². The highest BCUT2D eigenvalue weighted by molar-refractivity contribution is 6.22. The van der Waals surface area contributed by atoms with Gasteiger partial charge in [0.1, 0.15) is 0 Å². The second-order valence-electron chi connectivity index (χ2n) is 9.88. The topological polar surface area (TPSA) is 92.8 Å². The van der Waals surface area contributed by atoms with Crippen molar-refractivity contribution < 1.29 is 23.9 Å². The van der Waals surface area contributed by atoms with E-state index in [9.17, 15) is 19.2 Å². The second kappa shape index (κ2) is 8.18. The minimum Gasteiger partial charge on any atom is -0.462 e. The summed E-state index contributed by atoms with van der Waals surface area (Å²) in [6, 6.07) is 13.0. The molecule has 5 aliphatic rings. The molecule has 3 fully saturated rings. The highest BCUT2D eigenvalue weighted by Crippen LogP contribution is 2.65. The number of imide groups is 1. The van der Waals surface area contributed by atoms with Crippen LogP contribution in [-0.2, 0) is 14.3 Å². The van der Waals surface area contributed by atoms with E-state index in [1.54, 1.807) is 48.5 Å². The predicted octanol–water partition coefficient (Wildman–Crippen LogP) is 4.06. The number of nitrogens with zero attached hydrogens (tertiary/aromatic N) is 1. The first kappa shape index (κ1) is 21.8. The lowest BCUT2D eigenvalue weighted by Crippen LogP contribution is -2.40. The van der Waals surface area contributed by atoms with E-state index >= 15 is 0 Å². The summed E-state index contributed by atoms with van der Waals surface area (Å²) in [5, 5.41) is 2.80. The lowest BCUT2D eigenvalue weighted by molar-refractivity contribution is -0.124. The number of hydrogen-bond donors (Lipinski definition) is 1. The van der Waals surface area contributed by atoms with Crippen LogP contribution in [0.2, 0.25) is 0 Å². The Labute approximate surface area is 203 Å². The van der Waals surface area contributed by atoms with E-state index in [0.717, 1.165) is 12.8 Å². The molecular formula is C28H26N2O5. The van der Waals surface area contributed by atoms with Gasteiger partial charge in [0.25, 0.3) is 5.91 Å². The molecule has 35 heavy (non-hydrogen) atoms. The summed E-state index contributed by atoms with van der Waals surface area (Å²) in [7, 11) is 0. The molecule has 0 spiro atoms. The molecule has 7 rings (SSSR count). The van der Waals surface area contributed by atoms with Crippen LogP contribution < -0.4 is 10.2 Å². The fourth-order valence-corrected chi connectivity index (χ4v) is 6.14. The average Bonchev–Trinajstić information content (AvgIpc) is 3.66. The molecule has 2 aromatic rings. The first-order chi connectivity index (χ1) is 17.0. The number of amides is 3. The summed E-state index contributed by atoms with van der Waals surface area (Å²) >= 11 is 0. The van der Waals surface area contributed by atoms with E-state index < -0.39 is 5.97 Å². The van der Waals surface area contributed by atoms with Crippen LogP contribution in [0.25, 0.3) is 0 Å². The Morgan fingerprint density at radius 3 is 2.03 bits per heavy atom. The van der Waals surface area contributed by atoms with Gasteiger partial charge in [0.2, 0.25) is 11.8 Å². The number of anilines is 2. The number of allylic oxidation sites excluding steroid dienone is 2. The van der Waals surface area contributed by atoms with Crippen molar-refractivity contribution in [3.05, 3.63) is 71.8 Å². The lowest BCUT2D eigenvalue weighted by Gasteiger charge is -2.37. The smallest absolute Gasteiger partial charge is 0.338 e. The molecule has 6 atom stereocenters. The van der Waals surface area contributed by atoms with Crippen LogP contribution >= 0.6 is 0 Å². The highest BCUT2D eigenvalue weighted by atomic mass is 16.5. The van der Waals surface area contributed by atoms with Crippen molar-refractivity contribution in [3.63, 3.8) is 0 Å². The number of rotatable bonds is 6. The largest absolute Gasteiger partial charge is 0.462 e. The standard InChI is InChI=1S/C28H26N2O5/c1-2-13-35-28(34)16-3-7-17(8-4-16)29-25(31)15-5-9-18(10-6-15)30-26(32)23-19-11-12-20(22-14-21(19)22)24(23)27(30)33/h3-12,19-24H,2,13-14H2,1H3,(H,29,31)/t19-,20-,21-,22-,23+,24+/m0/s1. The predicted molar refractivity (Wildman–Crippen MR) is 129 cm³/mol. The van der Waals surface area contributed by atoms with E-state index in [0.29, 0.717) is 40.9 Å². The minimum absolute atomic E-state index is 0.112. The Morgan fingerprint density at radius 2 is 1.46 bits per heavy atom. The molecule has 2 saturated carbocycles. The summed E-state index contributed by atoms with van der Waals surface area (Å²) < 4.78 is 5.11. The third-order valence-corrected chi connectivity index (χ3v) is 7.87. The zero-order valence-corrected chi connectivity index (χ0v) is 19.3. The van der Waals surface area contributed by atoms with Crippen LogP contribution in [-0.4, -0.2) is 30.3 Å². The molecule has 2 aromatic carbocycles. The average molecular weight is 471 g/mol. The van der Waals surface area contributed by atoms with Gasteiger partial charge in [0, 0.05) is 11.3 Å². The van der Waals surface area contributed by atoms with Crippen molar-refractivity contribution in [1.82, 2.24) is 0 Å². The third kappa shape index (κ3) is 3.49. The number of hydrogen-bond acceptors (Lipinski definition) is 5. The molecule has 178 valence electrons. The molecule has 1 heterocycles. The zero-order valence-electron chi connectivity index (χ0n) is 19.3. The van der Waals surface area contributed by atoms with Crippen LogP contribution in [0, 0.1) is 35.5 Å². The molecule has 1 aliphatic heterocycles.